The molecule has 0 aliphatic heterocycles. The van der Waals surface area contributed by atoms with Gasteiger partial charge in [-0.1, -0.05) is 30.3 Å². The third kappa shape index (κ3) is 2.49. The first-order chi connectivity index (χ1) is 9.78. The van der Waals surface area contributed by atoms with E-state index in [1.165, 1.54) is 0 Å². The van der Waals surface area contributed by atoms with Crippen LogP contribution in [0.25, 0.3) is 0 Å². The van der Waals surface area contributed by atoms with Gasteiger partial charge in [0.1, 0.15) is 23.7 Å². The van der Waals surface area contributed by atoms with Crippen LogP contribution in [0.3, 0.4) is 0 Å². The molecule has 0 spiro atoms. The zero-order valence-corrected chi connectivity index (χ0v) is 11.5. The molecule has 1 aliphatic rings. The van der Waals surface area contributed by atoms with Crippen LogP contribution >= 0.6 is 0 Å². The third-order valence-electron chi connectivity index (χ3n) is 3.55. The van der Waals surface area contributed by atoms with E-state index in [0.29, 0.717) is 6.61 Å². The molecule has 0 bridgehead atoms. The van der Waals surface area contributed by atoms with Gasteiger partial charge in [0.2, 0.25) is 0 Å². The van der Waals surface area contributed by atoms with E-state index in [0.717, 1.165) is 29.0 Å². The van der Waals surface area contributed by atoms with Crippen LogP contribution in [0.4, 0.5) is 0 Å². The van der Waals surface area contributed by atoms with Gasteiger partial charge in [0, 0.05) is 12.5 Å². The number of aliphatic hydroxyl groups excluding tert-OH is 1. The van der Waals surface area contributed by atoms with E-state index in [1.54, 1.807) is 0 Å². The summed E-state index contributed by atoms with van der Waals surface area (Å²) in [6.07, 6.45) is -0.0674. The molecule has 0 heterocycles. The molecule has 20 heavy (non-hydrogen) atoms. The topological polar surface area (TPSA) is 38.7 Å². The van der Waals surface area contributed by atoms with Gasteiger partial charge in [-0.25, -0.2) is 0 Å². The van der Waals surface area contributed by atoms with Crippen molar-refractivity contribution in [1.82, 2.24) is 0 Å². The van der Waals surface area contributed by atoms with Gasteiger partial charge in [0.15, 0.2) is 0 Å². The van der Waals surface area contributed by atoms with Crippen molar-refractivity contribution in [3.8, 4) is 11.5 Å². The van der Waals surface area contributed by atoms with Crippen molar-refractivity contribution in [2.24, 2.45) is 0 Å². The molecule has 2 aromatic rings. The van der Waals surface area contributed by atoms with Crippen molar-refractivity contribution in [3.05, 3.63) is 59.7 Å². The highest BCUT2D eigenvalue weighted by Crippen LogP contribution is 2.34. The smallest absolute Gasteiger partial charge is 0.133 e. The molecular formula is C17H18O3. The Bertz CT molecular complexity index is 594. The number of aliphatic hydroxyl groups is 1. The van der Waals surface area contributed by atoms with Crippen LogP contribution in [0, 0.1) is 0 Å². The summed E-state index contributed by atoms with van der Waals surface area (Å²) in [6, 6.07) is 15.5. The summed E-state index contributed by atoms with van der Waals surface area (Å²) in [4.78, 5) is 0. The Morgan fingerprint density at radius 2 is 1.90 bits per heavy atom. The number of ether oxygens (including phenoxy) is 2. The minimum Gasteiger partial charge on any atom is -0.494 e. The summed E-state index contributed by atoms with van der Waals surface area (Å²) in [5.74, 6) is 1.52. The molecule has 2 atom stereocenters. The molecule has 0 saturated carbocycles. The van der Waals surface area contributed by atoms with Crippen LogP contribution in [0.5, 0.6) is 11.5 Å². The van der Waals surface area contributed by atoms with Crippen molar-refractivity contribution in [2.75, 3.05) is 6.61 Å². The molecule has 104 valence electrons. The zero-order chi connectivity index (χ0) is 13.9. The lowest BCUT2D eigenvalue weighted by atomic mass is 10.1. The molecule has 3 rings (SSSR count). The van der Waals surface area contributed by atoms with Gasteiger partial charge in [0.25, 0.3) is 0 Å². The average molecular weight is 270 g/mol. The summed E-state index contributed by atoms with van der Waals surface area (Å²) in [6.45, 7) is 2.58. The number of benzene rings is 2. The standard InChI is InChI=1S/C17H18O3/c1-2-19-13-7-5-8-14(11-13)20-16-10-12-6-3-4-9-15(12)17(16)18/h3-9,11,16-18H,2,10H2,1H3. The van der Waals surface area contributed by atoms with Crippen LogP contribution in [0.2, 0.25) is 0 Å². The van der Waals surface area contributed by atoms with Crippen LogP contribution in [-0.2, 0) is 6.42 Å². The van der Waals surface area contributed by atoms with Crippen molar-refractivity contribution < 1.29 is 14.6 Å². The molecule has 0 amide bonds. The van der Waals surface area contributed by atoms with Gasteiger partial charge in [-0.05, 0) is 30.2 Å². The van der Waals surface area contributed by atoms with Gasteiger partial charge in [-0.3, -0.25) is 0 Å². The Labute approximate surface area is 118 Å². The summed E-state index contributed by atoms with van der Waals surface area (Å²) in [7, 11) is 0. The maximum atomic E-state index is 10.3. The quantitative estimate of drug-likeness (QED) is 0.927. The minimum atomic E-state index is -0.568. The Morgan fingerprint density at radius 3 is 2.70 bits per heavy atom. The second kappa shape index (κ2) is 5.55. The molecule has 0 saturated heterocycles. The normalized spacial score (nSPS) is 20.5. The highest BCUT2D eigenvalue weighted by Gasteiger charge is 2.32. The van der Waals surface area contributed by atoms with E-state index in [-0.39, 0.29) is 6.10 Å². The molecule has 3 nitrogen and oxygen atoms in total. The predicted molar refractivity (Wildman–Crippen MR) is 77.1 cm³/mol. The maximum absolute atomic E-state index is 10.3. The van der Waals surface area contributed by atoms with Crippen LogP contribution in [0.15, 0.2) is 48.5 Å². The van der Waals surface area contributed by atoms with Gasteiger partial charge in [-0.2, -0.15) is 0 Å². The molecule has 0 aromatic heterocycles. The molecule has 2 unspecified atom stereocenters. The van der Waals surface area contributed by atoms with Gasteiger partial charge in [-0.15, -0.1) is 0 Å². The van der Waals surface area contributed by atoms with Crippen molar-refractivity contribution in [3.63, 3.8) is 0 Å². The molecule has 3 heteroatoms. The van der Waals surface area contributed by atoms with E-state index in [1.807, 2.05) is 55.5 Å². The number of hydrogen-bond donors (Lipinski definition) is 1. The van der Waals surface area contributed by atoms with Gasteiger partial charge < -0.3 is 14.6 Å². The molecule has 1 aliphatic carbocycles. The van der Waals surface area contributed by atoms with Gasteiger partial charge in [0.05, 0.1) is 6.61 Å². The summed E-state index contributed by atoms with van der Waals surface area (Å²) < 4.78 is 11.4. The lowest BCUT2D eigenvalue weighted by molar-refractivity contribution is 0.0492. The van der Waals surface area contributed by atoms with Crippen molar-refractivity contribution >= 4 is 0 Å². The summed E-state index contributed by atoms with van der Waals surface area (Å²) >= 11 is 0. The lowest BCUT2D eigenvalue weighted by Gasteiger charge is -2.18. The zero-order valence-electron chi connectivity index (χ0n) is 11.5. The Morgan fingerprint density at radius 1 is 1.10 bits per heavy atom. The molecule has 1 N–H and O–H groups in total. The predicted octanol–water partition coefficient (Wildman–Crippen LogP) is 3.12. The fourth-order valence-corrected chi connectivity index (χ4v) is 2.62. The Balaban J connectivity index is 1.75. The van der Waals surface area contributed by atoms with Crippen LogP contribution in [0.1, 0.15) is 24.2 Å². The molecule has 0 radical (unpaired) electrons. The Kier molecular flexibility index (Phi) is 3.61. The summed E-state index contributed by atoms with van der Waals surface area (Å²) in [5, 5.41) is 10.3. The molecule has 0 fully saturated rings. The van der Waals surface area contributed by atoms with Crippen LogP contribution < -0.4 is 9.47 Å². The molecule has 2 aromatic carbocycles. The largest absolute Gasteiger partial charge is 0.494 e. The number of hydrogen-bond acceptors (Lipinski definition) is 3. The molecular weight excluding hydrogens is 252 g/mol. The number of rotatable bonds is 4. The first-order valence-electron chi connectivity index (χ1n) is 6.93. The van der Waals surface area contributed by atoms with Crippen molar-refractivity contribution in [2.45, 2.75) is 25.6 Å². The second-order valence-electron chi connectivity index (χ2n) is 4.91. The first kappa shape index (κ1) is 13.0. The van der Waals surface area contributed by atoms with Gasteiger partial charge >= 0.3 is 0 Å². The van der Waals surface area contributed by atoms with E-state index in [9.17, 15) is 5.11 Å². The highest BCUT2D eigenvalue weighted by atomic mass is 16.5. The van der Waals surface area contributed by atoms with E-state index < -0.39 is 6.10 Å². The average Bonchev–Trinajstić information content (AvgIpc) is 2.77. The van der Waals surface area contributed by atoms with E-state index in [2.05, 4.69) is 0 Å². The fraction of sp³-hybridized carbons (Fsp3) is 0.294. The minimum absolute atomic E-state index is 0.232. The maximum Gasteiger partial charge on any atom is 0.133 e. The van der Waals surface area contributed by atoms with E-state index >= 15 is 0 Å². The summed E-state index contributed by atoms with van der Waals surface area (Å²) in [5.41, 5.74) is 2.13. The van der Waals surface area contributed by atoms with Crippen molar-refractivity contribution in [1.29, 1.82) is 0 Å². The first-order valence-corrected chi connectivity index (χ1v) is 6.93. The monoisotopic (exact) mass is 270 g/mol. The highest BCUT2D eigenvalue weighted by molar-refractivity contribution is 5.37. The lowest BCUT2D eigenvalue weighted by Crippen LogP contribution is -2.21. The Hall–Kier alpha value is -2.00. The van der Waals surface area contributed by atoms with E-state index in [4.69, 9.17) is 9.47 Å². The SMILES string of the molecule is CCOc1cccc(OC2Cc3ccccc3C2O)c1. The second-order valence-corrected chi connectivity index (χ2v) is 4.91. The third-order valence-corrected chi connectivity index (χ3v) is 3.55. The number of fused-ring (bicyclic) bond motifs is 1. The fourth-order valence-electron chi connectivity index (χ4n) is 2.62. The van der Waals surface area contributed by atoms with Crippen LogP contribution in [-0.4, -0.2) is 17.8 Å².